The van der Waals surface area contributed by atoms with Crippen molar-refractivity contribution >= 4 is 22.9 Å². The molecule has 1 N–H and O–H groups in total. The van der Waals surface area contributed by atoms with Crippen LogP contribution >= 0.6 is 11.3 Å². The summed E-state index contributed by atoms with van der Waals surface area (Å²) in [5.41, 5.74) is 4.37. The first-order valence-corrected chi connectivity index (χ1v) is 11.0. The van der Waals surface area contributed by atoms with Gasteiger partial charge in [-0.05, 0) is 61.5 Å². The summed E-state index contributed by atoms with van der Waals surface area (Å²) in [6, 6.07) is 17.7. The monoisotopic (exact) mass is 432 g/mol. The lowest BCUT2D eigenvalue weighted by Crippen LogP contribution is -2.16. The van der Waals surface area contributed by atoms with Crippen LogP contribution in [-0.4, -0.2) is 10.9 Å². The number of hydrogen-bond acceptors (Lipinski definition) is 5. The van der Waals surface area contributed by atoms with E-state index in [0.717, 1.165) is 28.1 Å². The van der Waals surface area contributed by atoms with Crippen molar-refractivity contribution in [2.45, 2.75) is 33.3 Å². The van der Waals surface area contributed by atoms with Crippen LogP contribution in [0.4, 0.5) is 5.69 Å². The number of amides is 1. The number of aromatic nitrogens is 1. The van der Waals surface area contributed by atoms with Crippen molar-refractivity contribution in [3.63, 3.8) is 0 Å². The van der Waals surface area contributed by atoms with Gasteiger partial charge in [-0.15, -0.1) is 0 Å². The van der Waals surface area contributed by atoms with Crippen LogP contribution in [0, 0.1) is 13.8 Å². The van der Waals surface area contributed by atoms with Gasteiger partial charge in [-0.1, -0.05) is 30.3 Å². The maximum Gasteiger partial charge on any atom is 0.230 e. The second-order valence-corrected chi connectivity index (χ2v) is 8.19. The van der Waals surface area contributed by atoms with E-state index in [9.17, 15) is 4.79 Å². The van der Waals surface area contributed by atoms with E-state index in [-0.39, 0.29) is 18.4 Å². The number of carbonyl (C=O) groups excluding carboxylic acids is 1. The van der Waals surface area contributed by atoms with Crippen LogP contribution in [-0.2, 0) is 11.2 Å². The van der Waals surface area contributed by atoms with E-state index in [1.807, 2.05) is 86.1 Å². The van der Waals surface area contributed by atoms with Crippen LogP contribution in [0.1, 0.15) is 35.6 Å². The van der Waals surface area contributed by atoms with Gasteiger partial charge in [0.1, 0.15) is 17.6 Å². The van der Waals surface area contributed by atoms with Gasteiger partial charge in [0, 0.05) is 16.6 Å². The highest BCUT2D eigenvalue weighted by Crippen LogP contribution is 2.27. The van der Waals surface area contributed by atoms with Gasteiger partial charge in [0.15, 0.2) is 0 Å². The molecule has 1 atom stereocenters. The summed E-state index contributed by atoms with van der Waals surface area (Å²) in [6.45, 7) is 5.80. The average Bonchev–Trinajstić information content (AvgIpc) is 3.41. The first-order chi connectivity index (χ1) is 15.0. The largest absolute Gasteiger partial charge is 0.486 e. The molecule has 2 heterocycles. The first kappa shape index (κ1) is 20.9. The Bertz CT molecular complexity index is 1170. The number of rotatable bonds is 7. The highest BCUT2D eigenvalue weighted by atomic mass is 32.1. The summed E-state index contributed by atoms with van der Waals surface area (Å²) >= 11 is 1.58. The minimum Gasteiger partial charge on any atom is -0.486 e. The quantitative estimate of drug-likeness (QED) is 0.370. The standard InChI is InChI=1S/C25H24N2O3S/c1-16-13-21(29-17(2)19-7-5-4-6-8-19)9-10-22(16)26-24(28)14-23-18(3)30-25(27-23)20-11-12-31-15-20/h4-13,15,17H,14H2,1-3H3,(H,26,28). The minimum atomic E-state index is -0.136. The molecule has 4 rings (SSSR count). The zero-order valence-electron chi connectivity index (χ0n) is 17.7. The van der Waals surface area contributed by atoms with Crippen LogP contribution in [0.3, 0.4) is 0 Å². The summed E-state index contributed by atoms with van der Waals surface area (Å²) in [5, 5.41) is 6.91. The molecular formula is C25H24N2O3S. The molecule has 6 heteroatoms. The van der Waals surface area contributed by atoms with E-state index in [2.05, 4.69) is 10.3 Å². The van der Waals surface area contributed by atoms with Crippen LogP contribution < -0.4 is 10.1 Å². The van der Waals surface area contributed by atoms with Gasteiger partial charge in [0.2, 0.25) is 11.8 Å². The lowest BCUT2D eigenvalue weighted by atomic mass is 10.1. The number of hydrogen-bond donors (Lipinski definition) is 1. The van der Waals surface area contributed by atoms with Crippen molar-refractivity contribution in [1.82, 2.24) is 4.98 Å². The highest BCUT2D eigenvalue weighted by molar-refractivity contribution is 7.08. The average molecular weight is 433 g/mol. The van der Waals surface area contributed by atoms with Crippen molar-refractivity contribution in [3.8, 4) is 17.2 Å². The first-order valence-electron chi connectivity index (χ1n) is 10.1. The molecular weight excluding hydrogens is 408 g/mol. The second kappa shape index (κ2) is 9.18. The Kier molecular flexibility index (Phi) is 6.18. The Balaban J connectivity index is 1.40. The number of oxazole rings is 1. The summed E-state index contributed by atoms with van der Waals surface area (Å²) in [6.07, 6.45) is 0.0935. The van der Waals surface area contributed by atoms with Crippen LogP contribution in [0.2, 0.25) is 0 Å². The van der Waals surface area contributed by atoms with E-state index in [0.29, 0.717) is 17.3 Å². The number of benzene rings is 2. The Morgan fingerprint density at radius 3 is 2.68 bits per heavy atom. The zero-order chi connectivity index (χ0) is 21.8. The number of nitrogens with one attached hydrogen (secondary N) is 1. The van der Waals surface area contributed by atoms with E-state index < -0.39 is 0 Å². The fraction of sp³-hybridized carbons (Fsp3) is 0.200. The molecule has 0 aliphatic heterocycles. The van der Waals surface area contributed by atoms with Crippen molar-refractivity contribution < 1.29 is 13.9 Å². The van der Waals surface area contributed by atoms with Gasteiger partial charge < -0.3 is 14.5 Å². The predicted octanol–water partition coefficient (Wildman–Crippen LogP) is 6.34. The summed E-state index contributed by atoms with van der Waals surface area (Å²) in [5.74, 6) is 1.83. The molecule has 1 unspecified atom stereocenters. The van der Waals surface area contributed by atoms with Crippen molar-refractivity contribution in [1.29, 1.82) is 0 Å². The van der Waals surface area contributed by atoms with Crippen molar-refractivity contribution in [3.05, 3.63) is 87.9 Å². The highest BCUT2D eigenvalue weighted by Gasteiger charge is 2.16. The Hall–Kier alpha value is -3.38. The third-order valence-corrected chi connectivity index (χ3v) is 5.73. The van der Waals surface area contributed by atoms with Crippen molar-refractivity contribution in [2.75, 3.05) is 5.32 Å². The lowest BCUT2D eigenvalue weighted by Gasteiger charge is -2.16. The van der Waals surface area contributed by atoms with Gasteiger partial charge in [0.05, 0.1) is 12.1 Å². The van der Waals surface area contributed by atoms with Gasteiger partial charge in [-0.25, -0.2) is 4.98 Å². The summed E-state index contributed by atoms with van der Waals surface area (Å²) < 4.78 is 11.8. The Labute approximate surface area is 185 Å². The molecule has 2 aromatic heterocycles. The molecule has 31 heavy (non-hydrogen) atoms. The molecule has 1 amide bonds. The summed E-state index contributed by atoms with van der Waals surface area (Å²) in [7, 11) is 0. The van der Waals surface area contributed by atoms with Gasteiger partial charge >= 0.3 is 0 Å². The van der Waals surface area contributed by atoms with Crippen LogP contribution in [0.5, 0.6) is 5.75 Å². The molecule has 0 aliphatic rings. The van der Waals surface area contributed by atoms with E-state index >= 15 is 0 Å². The molecule has 0 aliphatic carbocycles. The normalized spacial score (nSPS) is 11.8. The number of nitrogens with zero attached hydrogens (tertiary/aromatic N) is 1. The topological polar surface area (TPSA) is 64.4 Å². The van der Waals surface area contributed by atoms with Crippen LogP contribution in [0.25, 0.3) is 11.5 Å². The molecule has 0 saturated carbocycles. The molecule has 0 bridgehead atoms. The van der Waals surface area contributed by atoms with Gasteiger partial charge in [-0.2, -0.15) is 11.3 Å². The Morgan fingerprint density at radius 2 is 1.97 bits per heavy atom. The molecule has 5 nitrogen and oxygen atoms in total. The third-order valence-electron chi connectivity index (χ3n) is 5.04. The van der Waals surface area contributed by atoms with Gasteiger partial charge in [0.25, 0.3) is 0 Å². The maximum atomic E-state index is 12.6. The number of aryl methyl sites for hydroxylation is 2. The second-order valence-electron chi connectivity index (χ2n) is 7.41. The number of anilines is 1. The zero-order valence-corrected chi connectivity index (χ0v) is 18.5. The van der Waals surface area contributed by atoms with Gasteiger partial charge in [-0.3, -0.25) is 4.79 Å². The molecule has 0 saturated heterocycles. The predicted molar refractivity (Wildman–Crippen MR) is 124 cm³/mol. The molecule has 158 valence electrons. The fourth-order valence-electron chi connectivity index (χ4n) is 3.29. The molecule has 0 radical (unpaired) electrons. The van der Waals surface area contributed by atoms with E-state index in [1.165, 1.54) is 0 Å². The molecule has 2 aromatic carbocycles. The summed E-state index contributed by atoms with van der Waals surface area (Å²) in [4.78, 5) is 17.1. The third kappa shape index (κ3) is 5.03. The molecule has 4 aromatic rings. The maximum absolute atomic E-state index is 12.6. The molecule has 0 spiro atoms. The van der Waals surface area contributed by atoms with E-state index in [1.54, 1.807) is 11.3 Å². The molecule has 0 fully saturated rings. The van der Waals surface area contributed by atoms with E-state index in [4.69, 9.17) is 9.15 Å². The lowest BCUT2D eigenvalue weighted by molar-refractivity contribution is -0.115. The number of ether oxygens (including phenoxy) is 1. The fourth-order valence-corrected chi connectivity index (χ4v) is 3.92. The van der Waals surface area contributed by atoms with Crippen LogP contribution in [0.15, 0.2) is 69.8 Å². The number of carbonyl (C=O) groups is 1. The number of thiophene rings is 1. The Morgan fingerprint density at radius 1 is 1.16 bits per heavy atom. The smallest absolute Gasteiger partial charge is 0.230 e. The SMILES string of the molecule is Cc1cc(OC(C)c2ccccc2)ccc1NC(=O)Cc1nc(-c2ccsc2)oc1C. The van der Waals surface area contributed by atoms with Crippen molar-refractivity contribution in [2.24, 2.45) is 0 Å². The minimum absolute atomic E-state index is 0.0615.